The van der Waals surface area contributed by atoms with E-state index in [1.165, 1.54) is 7.11 Å². The first-order valence-corrected chi connectivity index (χ1v) is 8.40. The van der Waals surface area contributed by atoms with Crippen LogP contribution in [-0.4, -0.2) is 37.1 Å². The summed E-state index contributed by atoms with van der Waals surface area (Å²) in [6.45, 7) is 0.185. The molecule has 0 atom stereocenters. The standard InChI is InChI=1S/C19H17N3O6/c1-24-12-4-5-13(15(9-12)25-2)18-21-22-19(28-18)20-17(23)8-11-3-6-14-16(7-11)27-10-26-14/h3-7,9H,8,10H2,1-2H3,(H,20,22,23). The fraction of sp³-hybridized carbons (Fsp3) is 0.211. The summed E-state index contributed by atoms with van der Waals surface area (Å²) in [6.07, 6.45) is 0.125. The number of rotatable bonds is 6. The van der Waals surface area contributed by atoms with Crippen molar-refractivity contribution in [3.63, 3.8) is 0 Å². The van der Waals surface area contributed by atoms with Gasteiger partial charge < -0.3 is 23.4 Å². The summed E-state index contributed by atoms with van der Waals surface area (Å²) in [5, 5.41) is 10.4. The van der Waals surface area contributed by atoms with Gasteiger partial charge in [-0.3, -0.25) is 10.1 Å². The molecule has 1 aromatic heterocycles. The van der Waals surface area contributed by atoms with Gasteiger partial charge in [0.1, 0.15) is 11.5 Å². The van der Waals surface area contributed by atoms with E-state index in [0.29, 0.717) is 28.6 Å². The number of nitrogens with one attached hydrogen (secondary N) is 1. The van der Waals surface area contributed by atoms with Crippen LogP contribution in [0.1, 0.15) is 5.56 Å². The van der Waals surface area contributed by atoms with Gasteiger partial charge in [0.2, 0.25) is 12.7 Å². The Morgan fingerprint density at radius 1 is 1.07 bits per heavy atom. The first-order chi connectivity index (χ1) is 13.7. The van der Waals surface area contributed by atoms with Crippen molar-refractivity contribution in [2.45, 2.75) is 6.42 Å². The topological polar surface area (TPSA) is 105 Å². The molecule has 0 radical (unpaired) electrons. The van der Waals surface area contributed by atoms with Gasteiger partial charge in [-0.2, -0.15) is 0 Å². The van der Waals surface area contributed by atoms with Crippen LogP contribution in [0.25, 0.3) is 11.5 Å². The molecule has 1 aliphatic rings. The minimum absolute atomic E-state index is 0.00128. The van der Waals surface area contributed by atoms with E-state index in [1.54, 1.807) is 43.5 Å². The van der Waals surface area contributed by atoms with E-state index < -0.39 is 0 Å². The van der Waals surface area contributed by atoms with Crippen LogP contribution in [0, 0.1) is 0 Å². The van der Waals surface area contributed by atoms with Gasteiger partial charge in [-0.15, -0.1) is 5.10 Å². The molecule has 0 saturated carbocycles. The Kier molecular flexibility index (Phi) is 4.71. The van der Waals surface area contributed by atoms with Gasteiger partial charge in [0.15, 0.2) is 11.5 Å². The van der Waals surface area contributed by atoms with Crippen LogP contribution in [-0.2, 0) is 11.2 Å². The molecule has 0 saturated heterocycles. The molecule has 9 heteroatoms. The fourth-order valence-corrected chi connectivity index (χ4v) is 2.76. The summed E-state index contributed by atoms with van der Waals surface area (Å²) in [6, 6.07) is 10.5. The lowest BCUT2D eigenvalue weighted by Crippen LogP contribution is -2.14. The Morgan fingerprint density at radius 3 is 2.75 bits per heavy atom. The normalized spacial score (nSPS) is 11.9. The minimum Gasteiger partial charge on any atom is -0.497 e. The summed E-state index contributed by atoms with van der Waals surface area (Å²) in [5.74, 6) is 2.36. The molecule has 9 nitrogen and oxygen atoms in total. The van der Waals surface area contributed by atoms with E-state index in [4.69, 9.17) is 23.4 Å². The Hall–Kier alpha value is -3.75. The molecular formula is C19H17N3O6. The third kappa shape index (κ3) is 3.54. The molecule has 1 aliphatic heterocycles. The Morgan fingerprint density at radius 2 is 1.93 bits per heavy atom. The van der Waals surface area contributed by atoms with Crippen LogP contribution in [0.3, 0.4) is 0 Å². The Balaban J connectivity index is 1.45. The summed E-state index contributed by atoms with van der Waals surface area (Å²) in [5.41, 5.74) is 1.37. The predicted molar refractivity (Wildman–Crippen MR) is 97.7 cm³/mol. The smallest absolute Gasteiger partial charge is 0.322 e. The molecular weight excluding hydrogens is 366 g/mol. The molecule has 2 aromatic carbocycles. The average Bonchev–Trinajstić information content (AvgIpc) is 3.36. The third-order valence-corrected chi connectivity index (χ3v) is 4.11. The number of benzene rings is 2. The summed E-state index contributed by atoms with van der Waals surface area (Å²) < 4.78 is 26.6. The van der Waals surface area contributed by atoms with Gasteiger partial charge in [0, 0.05) is 6.07 Å². The van der Waals surface area contributed by atoms with Crippen molar-refractivity contribution in [1.82, 2.24) is 10.2 Å². The number of fused-ring (bicyclic) bond motifs is 1. The number of hydrogen-bond donors (Lipinski definition) is 1. The number of anilines is 1. The maximum atomic E-state index is 12.3. The lowest BCUT2D eigenvalue weighted by atomic mass is 10.1. The lowest BCUT2D eigenvalue weighted by Gasteiger charge is -2.07. The van der Waals surface area contributed by atoms with E-state index in [2.05, 4.69) is 15.5 Å². The van der Waals surface area contributed by atoms with Crippen molar-refractivity contribution >= 4 is 11.9 Å². The highest BCUT2D eigenvalue weighted by Crippen LogP contribution is 2.34. The molecule has 0 aliphatic carbocycles. The highest BCUT2D eigenvalue weighted by Gasteiger charge is 2.17. The third-order valence-electron chi connectivity index (χ3n) is 4.11. The second kappa shape index (κ2) is 7.47. The molecule has 144 valence electrons. The van der Waals surface area contributed by atoms with Gasteiger partial charge in [0.05, 0.1) is 26.2 Å². The first kappa shape index (κ1) is 17.7. The number of methoxy groups -OCH3 is 2. The maximum Gasteiger partial charge on any atom is 0.322 e. The quantitative estimate of drug-likeness (QED) is 0.693. The highest BCUT2D eigenvalue weighted by atomic mass is 16.7. The van der Waals surface area contributed by atoms with Crippen LogP contribution in [0.5, 0.6) is 23.0 Å². The summed E-state index contributed by atoms with van der Waals surface area (Å²) in [7, 11) is 3.09. The molecule has 1 amide bonds. The SMILES string of the molecule is COc1ccc(-c2nnc(NC(=O)Cc3ccc4c(c3)OCO4)o2)c(OC)c1. The van der Waals surface area contributed by atoms with E-state index in [0.717, 1.165) is 5.56 Å². The molecule has 0 fully saturated rings. The van der Waals surface area contributed by atoms with Crippen molar-refractivity contribution in [3.8, 4) is 34.5 Å². The summed E-state index contributed by atoms with van der Waals surface area (Å²) in [4.78, 5) is 12.3. The molecule has 0 unspecified atom stereocenters. The monoisotopic (exact) mass is 383 g/mol. The largest absolute Gasteiger partial charge is 0.497 e. The number of hydrogen-bond acceptors (Lipinski definition) is 8. The molecule has 1 N–H and O–H groups in total. The van der Waals surface area contributed by atoms with E-state index >= 15 is 0 Å². The predicted octanol–water partition coefficient (Wildman–Crippen LogP) is 2.66. The van der Waals surface area contributed by atoms with Gasteiger partial charge >= 0.3 is 6.01 Å². The van der Waals surface area contributed by atoms with Gasteiger partial charge in [-0.25, -0.2) is 0 Å². The number of ether oxygens (including phenoxy) is 4. The molecule has 2 heterocycles. The number of nitrogens with zero attached hydrogens (tertiary/aromatic N) is 2. The van der Waals surface area contributed by atoms with Crippen molar-refractivity contribution in [2.24, 2.45) is 0 Å². The minimum atomic E-state index is -0.296. The van der Waals surface area contributed by atoms with E-state index in [1.807, 2.05) is 0 Å². The molecule has 4 rings (SSSR count). The van der Waals surface area contributed by atoms with E-state index in [9.17, 15) is 4.79 Å². The zero-order valence-corrected chi connectivity index (χ0v) is 15.2. The molecule has 3 aromatic rings. The maximum absolute atomic E-state index is 12.3. The lowest BCUT2D eigenvalue weighted by molar-refractivity contribution is -0.115. The van der Waals surface area contributed by atoms with Gasteiger partial charge in [-0.05, 0) is 29.8 Å². The summed E-state index contributed by atoms with van der Waals surface area (Å²) >= 11 is 0. The van der Waals surface area contributed by atoms with Crippen LogP contribution in [0.2, 0.25) is 0 Å². The number of carbonyl (C=O) groups excluding carboxylic acids is 1. The second-order valence-electron chi connectivity index (χ2n) is 5.89. The zero-order valence-electron chi connectivity index (χ0n) is 15.2. The van der Waals surface area contributed by atoms with Crippen molar-refractivity contribution < 1.29 is 28.2 Å². The second-order valence-corrected chi connectivity index (χ2v) is 5.89. The van der Waals surface area contributed by atoms with Gasteiger partial charge in [0.25, 0.3) is 5.89 Å². The van der Waals surface area contributed by atoms with Crippen LogP contribution in [0.15, 0.2) is 40.8 Å². The van der Waals surface area contributed by atoms with E-state index in [-0.39, 0.29) is 31.0 Å². The van der Waals surface area contributed by atoms with Crippen molar-refractivity contribution in [1.29, 1.82) is 0 Å². The number of amides is 1. The Labute approximate surface area is 160 Å². The van der Waals surface area contributed by atoms with Crippen molar-refractivity contribution in [2.75, 3.05) is 26.3 Å². The van der Waals surface area contributed by atoms with Gasteiger partial charge in [-0.1, -0.05) is 11.2 Å². The van der Waals surface area contributed by atoms with Crippen LogP contribution < -0.4 is 24.3 Å². The molecule has 0 spiro atoms. The highest BCUT2D eigenvalue weighted by molar-refractivity contribution is 5.90. The molecule has 0 bridgehead atoms. The van der Waals surface area contributed by atoms with Crippen molar-refractivity contribution in [3.05, 3.63) is 42.0 Å². The first-order valence-electron chi connectivity index (χ1n) is 8.40. The number of carbonyl (C=O) groups is 1. The fourth-order valence-electron chi connectivity index (χ4n) is 2.76. The average molecular weight is 383 g/mol. The van der Waals surface area contributed by atoms with Crippen LogP contribution >= 0.6 is 0 Å². The molecule has 28 heavy (non-hydrogen) atoms. The Bertz CT molecular complexity index is 1020. The van der Waals surface area contributed by atoms with Crippen LogP contribution in [0.4, 0.5) is 6.01 Å². The number of aromatic nitrogens is 2. The zero-order chi connectivity index (χ0) is 19.5.